The average Bonchev–Trinajstić information content (AvgIpc) is 2.63. The highest BCUT2D eigenvalue weighted by molar-refractivity contribution is 5.70. The normalized spacial score (nSPS) is 31.9. The Kier molecular flexibility index (Phi) is 3.66. The summed E-state index contributed by atoms with van der Waals surface area (Å²) in [6.45, 7) is 2.99. The number of piperidine rings is 1. The van der Waals surface area contributed by atoms with Crippen LogP contribution in [0.4, 0.5) is 4.79 Å². The van der Waals surface area contributed by atoms with Gasteiger partial charge < -0.3 is 20.3 Å². The van der Waals surface area contributed by atoms with Gasteiger partial charge in [0.25, 0.3) is 0 Å². The van der Waals surface area contributed by atoms with Crippen molar-refractivity contribution in [3.63, 3.8) is 0 Å². The molecule has 0 radical (unpaired) electrons. The highest BCUT2D eigenvalue weighted by atomic mass is 16.6. The third-order valence-corrected chi connectivity index (χ3v) is 3.57. The lowest BCUT2D eigenvalue weighted by atomic mass is 10.0. The van der Waals surface area contributed by atoms with Gasteiger partial charge in [0.1, 0.15) is 6.10 Å². The van der Waals surface area contributed by atoms with Crippen molar-refractivity contribution >= 4 is 6.09 Å². The van der Waals surface area contributed by atoms with E-state index in [9.17, 15) is 4.79 Å². The van der Waals surface area contributed by atoms with E-state index in [0.717, 1.165) is 13.1 Å². The monoisotopic (exact) mass is 227 g/mol. The molecule has 16 heavy (non-hydrogen) atoms. The van der Waals surface area contributed by atoms with Gasteiger partial charge in [0.2, 0.25) is 0 Å². The standard InChI is InChI=1S/C11H21N3O2/c1-13-5-3-2-4-9(13)7-14-8-10(6-12)16-11(14)15/h9-10H,2-8,12H2,1H3/t9?,10-/m0/s1. The van der Waals surface area contributed by atoms with E-state index >= 15 is 0 Å². The second kappa shape index (κ2) is 5.01. The molecule has 2 rings (SSSR count). The number of ether oxygens (including phenoxy) is 1. The van der Waals surface area contributed by atoms with Crippen LogP contribution in [0, 0.1) is 0 Å². The quantitative estimate of drug-likeness (QED) is 0.751. The van der Waals surface area contributed by atoms with Gasteiger partial charge in [-0.1, -0.05) is 6.42 Å². The Morgan fingerprint density at radius 1 is 1.50 bits per heavy atom. The number of nitrogens with two attached hydrogens (primary N) is 1. The van der Waals surface area contributed by atoms with Crippen LogP contribution in [0.25, 0.3) is 0 Å². The number of rotatable bonds is 3. The summed E-state index contributed by atoms with van der Waals surface area (Å²) in [4.78, 5) is 15.7. The smallest absolute Gasteiger partial charge is 0.410 e. The van der Waals surface area contributed by atoms with Crippen LogP contribution < -0.4 is 5.73 Å². The van der Waals surface area contributed by atoms with E-state index in [1.165, 1.54) is 19.3 Å². The van der Waals surface area contributed by atoms with Crippen LogP contribution in [0.3, 0.4) is 0 Å². The lowest BCUT2D eigenvalue weighted by Crippen LogP contribution is -2.45. The van der Waals surface area contributed by atoms with Crippen molar-refractivity contribution in [3.05, 3.63) is 0 Å². The van der Waals surface area contributed by atoms with Crippen LogP contribution in [-0.2, 0) is 4.74 Å². The maximum atomic E-state index is 11.6. The van der Waals surface area contributed by atoms with E-state index in [4.69, 9.17) is 10.5 Å². The molecule has 0 saturated carbocycles. The summed E-state index contributed by atoms with van der Waals surface area (Å²) in [6.07, 6.45) is 3.39. The molecule has 5 heteroatoms. The van der Waals surface area contributed by atoms with E-state index in [2.05, 4.69) is 11.9 Å². The van der Waals surface area contributed by atoms with Gasteiger partial charge in [0.05, 0.1) is 6.54 Å². The SMILES string of the molecule is CN1CCCCC1CN1C[C@H](CN)OC1=O. The van der Waals surface area contributed by atoms with Gasteiger partial charge in [-0.15, -0.1) is 0 Å². The Balaban J connectivity index is 1.86. The first-order valence-corrected chi connectivity index (χ1v) is 6.06. The van der Waals surface area contributed by atoms with Crippen LogP contribution in [-0.4, -0.2) is 61.3 Å². The molecule has 2 atom stereocenters. The summed E-state index contributed by atoms with van der Waals surface area (Å²) in [5.74, 6) is 0. The number of carbonyl (C=O) groups is 1. The number of hydrogen-bond acceptors (Lipinski definition) is 4. The van der Waals surface area contributed by atoms with Crippen LogP contribution in [0.5, 0.6) is 0 Å². The van der Waals surface area contributed by atoms with Crippen molar-refractivity contribution in [1.82, 2.24) is 9.80 Å². The molecule has 2 heterocycles. The molecule has 2 fully saturated rings. The molecule has 1 amide bonds. The molecule has 0 aliphatic carbocycles. The molecule has 2 aliphatic heterocycles. The summed E-state index contributed by atoms with van der Waals surface area (Å²) in [7, 11) is 2.13. The second-order valence-corrected chi connectivity index (χ2v) is 4.78. The lowest BCUT2D eigenvalue weighted by Gasteiger charge is -2.34. The molecule has 0 aromatic heterocycles. The van der Waals surface area contributed by atoms with Gasteiger partial charge in [-0.05, 0) is 26.4 Å². The molecular formula is C11H21N3O2. The average molecular weight is 227 g/mol. The zero-order valence-electron chi connectivity index (χ0n) is 9.89. The van der Waals surface area contributed by atoms with Gasteiger partial charge in [0, 0.05) is 19.1 Å². The summed E-state index contributed by atoms with van der Waals surface area (Å²) in [6, 6.07) is 0.484. The number of cyclic esters (lactones) is 1. The van der Waals surface area contributed by atoms with Crippen molar-refractivity contribution in [1.29, 1.82) is 0 Å². The van der Waals surface area contributed by atoms with Gasteiger partial charge >= 0.3 is 6.09 Å². The Labute approximate surface area is 96.5 Å². The van der Waals surface area contributed by atoms with Crippen molar-refractivity contribution in [2.24, 2.45) is 5.73 Å². The van der Waals surface area contributed by atoms with Crippen molar-refractivity contribution < 1.29 is 9.53 Å². The minimum Gasteiger partial charge on any atom is -0.443 e. The fourth-order valence-electron chi connectivity index (χ4n) is 2.48. The highest BCUT2D eigenvalue weighted by Gasteiger charge is 2.33. The number of likely N-dealkylation sites (tertiary alicyclic amines) is 1. The van der Waals surface area contributed by atoms with E-state index in [1.54, 1.807) is 4.90 Å². The minimum absolute atomic E-state index is 0.110. The summed E-state index contributed by atoms with van der Waals surface area (Å²) < 4.78 is 5.14. The number of nitrogens with zero attached hydrogens (tertiary/aromatic N) is 2. The third-order valence-electron chi connectivity index (χ3n) is 3.57. The number of carbonyl (C=O) groups excluding carboxylic acids is 1. The summed E-state index contributed by atoms with van der Waals surface area (Å²) in [5.41, 5.74) is 5.50. The predicted octanol–water partition coefficient (Wildman–Crippen LogP) is 0.250. The number of likely N-dealkylation sites (N-methyl/N-ethyl adjacent to an activating group) is 1. The first kappa shape index (κ1) is 11.7. The first-order chi connectivity index (χ1) is 7.70. The Bertz CT molecular complexity index is 260. The van der Waals surface area contributed by atoms with E-state index in [1.807, 2.05) is 0 Å². The predicted molar refractivity (Wildman–Crippen MR) is 61.2 cm³/mol. The Morgan fingerprint density at radius 3 is 2.94 bits per heavy atom. The summed E-state index contributed by atoms with van der Waals surface area (Å²) in [5, 5.41) is 0. The lowest BCUT2D eigenvalue weighted by molar-refractivity contribution is 0.121. The van der Waals surface area contributed by atoms with Crippen LogP contribution in [0.2, 0.25) is 0 Å². The molecule has 1 unspecified atom stereocenters. The fraction of sp³-hybridized carbons (Fsp3) is 0.909. The number of hydrogen-bond donors (Lipinski definition) is 1. The maximum Gasteiger partial charge on any atom is 0.410 e. The molecule has 2 aliphatic rings. The largest absolute Gasteiger partial charge is 0.443 e. The van der Waals surface area contributed by atoms with Crippen LogP contribution in [0.15, 0.2) is 0 Å². The Hall–Kier alpha value is -0.810. The van der Waals surface area contributed by atoms with Crippen molar-refractivity contribution in [2.75, 3.05) is 33.2 Å². The summed E-state index contributed by atoms with van der Waals surface area (Å²) >= 11 is 0. The maximum absolute atomic E-state index is 11.6. The molecule has 0 spiro atoms. The van der Waals surface area contributed by atoms with Gasteiger partial charge in [-0.25, -0.2) is 4.79 Å². The molecule has 0 aromatic rings. The third kappa shape index (κ3) is 2.47. The Morgan fingerprint density at radius 2 is 2.31 bits per heavy atom. The fourth-order valence-corrected chi connectivity index (χ4v) is 2.48. The molecule has 92 valence electrons. The molecule has 2 N–H and O–H groups in total. The second-order valence-electron chi connectivity index (χ2n) is 4.78. The van der Waals surface area contributed by atoms with E-state index in [0.29, 0.717) is 19.1 Å². The van der Waals surface area contributed by atoms with Crippen molar-refractivity contribution in [3.8, 4) is 0 Å². The molecule has 0 bridgehead atoms. The topological polar surface area (TPSA) is 58.8 Å². The minimum atomic E-state index is -0.200. The zero-order chi connectivity index (χ0) is 11.5. The van der Waals surface area contributed by atoms with E-state index in [-0.39, 0.29) is 12.2 Å². The molecule has 2 saturated heterocycles. The van der Waals surface area contributed by atoms with Gasteiger partial charge in [-0.3, -0.25) is 0 Å². The van der Waals surface area contributed by atoms with Crippen molar-refractivity contribution in [2.45, 2.75) is 31.4 Å². The van der Waals surface area contributed by atoms with Gasteiger partial charge in [0.15, 0.2) is 0 Å². The van der Waals surface area contributed by atoms with E-state index < -0.39 is 0 Å². The molecular weight excluding hydrogens is 206 g/mol. The zero-order valence-corrected chi connectivity index (χ0v) is 9.89. The molecule has 5 nitrogen and oxygen atoms in total. The number of amides is 1. The van der Waals surface area contributed by atoms with Gasteiger partial charge in [-0.2, -0.15) is 0 Å². The van der Waals surface area contributed by atoms with Crippen LogP contribution >= 0.6 is 0 Å². The first-order valence-electron chi connectivity index (χ1n) is 6.06. The molecule has 0 aromatic carbocycles. The highest BCUT2D eigenvalue weighted by Crippen LogP contribution is 2.18. The van der Waals surface area contributed by atoms with Crippen LogP contribution in [0.1, 0.15) is 19.3 Å².